The van der Waals surface area contributed by atoms with Crippen LogP contribution in [0.2, 0.25) is 0 Å². The number of unbranched alkanes of at least 4 members (excludes halogenated alkanes) is 11. The number of hydrogen-bond acceptors (Lipinski definition) is 6. The van der Waals surface area contributed by atoms with Crippen molar-refractivity contribution >= 4 is 13.7 Å². The summed E-state index contributed by atoms with van der Waals surface area (Å²) in [6.45, 7) is 4.40. The number of phosphoric acid groups is 1. The molecule has 8 nitrogen and oxygen atoms in total. The number of nitrogens with one attached hydrogen (secondary N) is 1. The molecule has 0 fully saturated rings. The fourth-order valence-electron chi connectivity index (χ4n) is 5.54. The third-order valence-corrected chi connectivity index (χ3v) is 10.0. The Morgan fingerprint density at radius 2 is 1.07 bits per heavy atom. The van der Waals surface area contributed by atoms with Crippen molar-refractivity contribution in [3.8, 4) is 0 Å². The second-order valence-corrected chi connectivity index (χ2v) is 17.1. The van der Waals surface area contributed by atoms with E-state index in [1.165, 1.54) is 25.7 Å². The average molecular weight is 815 g/mol. The van der Waals surface area contributed by atoms with Crippen molar-refractivity contribution in [2.24, 2.45) is 0 Å². The van der Waals surface area contributed by atoms with Crippen LogP contribution in [0, 0.1) is 0 Å². The molecule has 1 amide bonds. The van der Waals surface area contributed by atoms with E-state index in [9.17, 15) is 19.4 Å². The number of nitrogens with zero attached hydrogens (tertiary/aromatic N) is 1. The first kappa shape index (κ1) is 54.4. The van der Waals surface area contributed by atoms with Crippen LogP contribution in [0.1, 0.15) is 149 Å². The van der Waals surface area contributed by atoms with Crippen LogP contribution in [0.25, 0.3) is 0 Å². The monoisotopic (exact) mass is 815 g/mol. The highest BCUT2D eigenvalue weighted by atomic mass is 31.2. The Morgan fingerprint density at radius 1 is 0.632 bits per heavy atom. The lowest BCUT2D eigenvalue weighted by Gasteiger charge is -2.29. The summed E-state index contributed by atoms with van der Waals surface area (Å²) in [6.07, 6.45) is 54.9. The second-order valence-electron chi connectivity index (χ2n) is 15.7. The number of hydrogen-bond donors (Lipinski definition) is 2. The van der Waals surface area contributed by atoms with Crippen LogP contribution < -0.4 is 10.2 Å². The number of quaternary nitrogens is 1. The molecule has 0 rings (SSSR count). The van der Waals surface area contributed by atoms with Gasteiger partial charge in [0.05, 0.1) is 39.9 Å². The van der Waals surface area contributed by atoms with Crippen LogP contribution in [-0.4, -0.2) is 68.5 Å². The van der Waals surface area contributed by atoms with Crippen LogP contribution >= 0.6 is 7.82 Å². The fraction of sp³-hybridized carbons (Fsp3) is 0.646. The van der Waals surface area contributed by atoms with Gasteiger partial charge in [-0.1, -0.05) is 162 Å². The molecule has 0 spiro atoms. The van der Waals surface area contributed by atoms with Crippen LogP contribution in [0.5, 0.6) is 0 Å². The smallest absolute Gasteiger partial charge is 0.268 e. The predicted molar refractivity (Wildman–Crippen MR) is 242 cm³/mol. The maximum atomic E-state index is 12.8. The number of aliphatic hydroxyl groups excluding tert-OH is 1. The van der Waals surface area contributed by atoms with Crippen molar-refractivity contribution in [1.82, 2.24) is 5.32 Å². The number of likely N-dealkylation sites (N-methyl/N-ethyl adjacent to an activating group) is 1. The van der Waals surface area contributed by atoms with E-state index in [0.29, 0.717) is 17.4 Å². The van der Waals surface area contributed by atoms with Crippen LogP contribution in [-0.2, 0) is 18.4 Å². The molecule has 0 saturated heterocycles. The van der Waals surface area contributed by atoms with Gasteiger partial charge in [0.1, 0.15) is 13.2 Å². The molecule has 0 saturated carbocycles. The highest BCUT2D eigenvalue weighted by molar-refractivity contribution is 7.45. The molecule has 3 atom stereocenters. The largest absolute Gasteiger partial charge is 0.756 e. The van der Waals surface area contributed by atoms with E-state index >= 15 is 0 Å². The minimum Gasteiger partial charge on any atom is -0.756 e. The number of amides is 1. The van der Waals surface area contributed by atoms with E-state index in [2.05, 4.69) is 104 Å². The SMILES string of the molecule is CC/C=C\C/C=C\C/C=C\C/C=C\C/C=C\C/C=C\C/C=C\CCCCCCCCCC(=O)NC(COP(=O)([O-])OCC[N+](C)(C)C)C(O)/C=C/CCCCCC. The third-order valence-electron chi connectivity index (χ3n) is 9.05. The van der Waals surface area contributed by atoms with Gasteiger partial charge < -0.3 is 28.8 Å². The van der Waals surface area contributed by atoms with Gasteiger partial charge in [0.25, 0.3) is 7.82 Å². The van der Waals surface area contributed by atoms with Crippen molar-refractivity contribution in [3.63, 3.8) is 0 Å². The summed E-state index contributed by atoms with van der Waals surface area (Å²) in [5.41, 5.74) is 0. The van der Waals surface area contributed by atoms with Gasteiger partial charge in [-0.3, -0.25) is 9.36 Å². The Labute approximate surface area is 349 Å². The second kappa shape index (κ2) is 38.9. The first-order chi connectivity index (χ1) is 27.5. The van der Waals surface area contributed by atoms with Crippen LogP contribution in [0.3, 0.4) is 0 Å². The molecular weight excluding hydrogens is 732 g/mol. The zero-order valence-electron chi connectivity index (χ0n) is 36.7. The summed E-state index contributed by atoms with van der Waals surface area (Å²) in [7, 11) is 1.23. The van der Waals surface area contributed by atoms with Crippen molar-refractivity contribution in [3.05, 3.63) is 97.2 Å². The molecule has 326 valence electrons. The highest BCUT2D eigenvalue weighted by Crippen LogP contribution is 2.38. The molecule has 0 aliphatic carbocycles. The molecule has 2 N–H and O–H groups in total. The zero-order valence-corrected chi connectivity index (χ0v) is 37.6. The molecule has 0 aromatic carbocycles. The summed E-state index contributed by atoms with van der Waals surface area (Å²) >= 11 is 0. The average Bonchev–Trinajstić information content (AvgIpc) is 3.16. The first-order valence-corrected chi connectivity index (χ1v) is 23.6. The Bertz CT molecular complexity index is 1240. The maximum absolute atomic E-state index is 12.8. The van der Waals surface area contributed by atoms with Crippen molar-refractivity contribution < 1.29 is 32.9 Å². The molecule has 0 heterocycles. The van der Waals surface area contributed by atoms with Crippen LogP contribution in [0.15, 0.2) is 97.2 Å². The van der Waals surface area contributed by atoms with Gasteiger partial charge in [-0.15, -0.1) is 0 Å². The minimum absolute atomic E-state index is 0.00963. The number of allylic oxidation sites excluding steroid dienone is 15. The van der Waals surface area contributed by atoms with Gasteiger partial charge in [0.2, 0.25) is 5.91 Å². The number of aliphatic hydroxyl groups is 1. The van der Waals surface area contributed by atoms with Gasteiger partial charge in [-0.25, -0.2) is 0 Å². The van der Waals surface area contributed by atoms with Gasteiger partial charge >= 0.3 is 0 Å². The Balaban J connectivity index is 4.15. The summed E-state index contributed by atoms with van der Waals surface area (Å²) in [5, 5.41) is 13.6. The fourth-order valence-corrected chi connectivity index (χ4v) is 6.26. The number of rotatable bonds is 38. The molecule has 0 bridgehead atoms. The van der Waals surface area contributed by atoms with E-state index in [1.807, 2.05) is 27.2 Å². The number of carbonyl (C=O) groups is 1. The van der Waals surface area contributed by atoms with E-state index in [0.717, 1.165) is 103 Å². The molecule has 0 aromatic heterocycles. The summed E-state index contributed by atoms with van der Waals surface area (Å²) < 4.78 is 23.0. The lowest BCUT2D eigenvalue weighted by atomic mass is 10.1. The normalized spacial score (nSPS) is 15.3. The van der Waals surface area contributed by atoms with Crippen LogP contribution in [0.4, 0.5) is 0 Å². The molecule has 9 heteroatoms. The van der Waals surface area contributed by atoms with Gasteiger partial charge in [-0.05, 0) is 77.0 Å². The lowest BCUT2D eigenvalue weighted by Crippen LogP contribution is -2.45. The number of phosphoric ester groups is 1. The minimum atomic E-state index is -4.58. The standard InChI is InChI=1S/C48H83N2O6P/c1-6-8-10-12-14-15-16-17-18-19-20-21-22-23-24-25-26-27-28-29-30-31-32-33-34-35-36-38-40-42-48(52)49-46(47(51)41-39-37-13-11-9-7-2)45-56-57(53,54)55-44-43-50(3,4)5/h8,10,14-15,17-18,20-21,23-24,26-27,29-30,39,41,46-47,51H,6-7,9,11-13,16,19,22,25,28,31-38,40,42-45H2,1-5H3,(H-,49,52,53,54)/b10-8-,15-14-,18-17-,21-20-,24-23-,27-26-,30-29-,41-39+. The topological polar surface area (TPSA) is 108 Å². The Kier molecular flexibility index (Phi) is 37.2. The van der Waals surface area contributed by atoms with Gasteiger partial charge in [0, 0.05) is 6.42 Å². The summed E-state index contributed by atoms with van der Waals surface area (Å²) in [6, 6.07) is -0.895. The van der Waals surface area contributed by atoms with Gasteiger partial charge in [-0.2, -0.15) is 0 Å². The van der Waals surface area contributed by atoms with E-state index in [-0.39, 0.29) is 12.5 Å². The molecule has 0 aromatic rings. The Hall–Kier alpha value is -2.58. The molecule has 57 heavy (non-hydrogen) atoms. The summed E-state index contributed by atoms with van der Waals surface area (Å²) in [5.74, 6) is -0.221. The van der Waals surface area contributed by atoms with E-state index in [1.54, 1.807) is 6.08 Å². The molecule has 0 radical (unpaired) electrons. The summed E-state index contributed by atoms with van der Waals surface area (Å²) in [4.78, 5) is 25.1. The quantitative estimate of drug-likeness (QED) is 0.0278. The predicted octanol–water partition coefficient (Wildman–Crippen LogP) is 11.7. The maximum Gasteiger partial charge on any atom is 0.268 e. The molecule has 3 unspecified atom stereocenters. The lowest BCUT2D eigenvalue weighted by molar-refractivity contribution is -0.870. The highest BCUT2D eigenvalue weighted by Gasteiger charge is 2.23. The third kappa shape index (κ3) is 41.4. The van der Waals surface area contributed by atoms with Crippen molar-refractivity contribution in [2.45, 2.75) is 161 Å². The van der Waals surface area contributed by atoms with Crippen molar-refractivity contribution in [2.75, 3.05) is 40.9 Å². The molecular formula is C48H83N2O6P. The number of carbonyl (C=O) groups excluding carboxylic acids is 1. The molecule has 0 aliphatic heterocycles. The first-order valence-electron chi connectivity index (χ1n) is 22.1. The van der Waals surface area contributed by atoms with Gasteiger partial charge in [0.15, 0.2) is 0 Å². The van der Waals surface area contributed by atoms with E-state index < -0.39 is 26.6 Å². The van der Waals surface area contributed by atoms with Crippen molar-refractivity contribution in [1.29, 1.82) is 0 Å². The Morgan fingerprint density at radius 3 is 1.56 bits per heavy atom. The van der Waals surface area contributed by atoms with E-state index in [4.69, 9.17) is 9.05 Å². The zero-order chi connectivity index (χ0) is 42.1. The molecule has 0 aliphatic rings.